The summed E-state index contributed by atoms with van der Waals surface area (Å²) in [6.07, 6.45) is -0.276. The van der Waals surface area contributed by atoms with Crippen molar-refractivity contribution in [2.75, 3.05) is 16.0 Å². The Hall–Kier alpha value is -4.61. The minimum absolute atomic E-state index is 0.00270. The Morgan fingerprint density at radius 1 is 1.09 bits per heavy atom. The summed E-state index contributed by atoms with van der Waals surface area (Å²) in [6.45, 7) is 0. The molecule has 11 nitrogen and oxygen atoms in total. The largest absolute Gasteiger partial charge is 0.326 e. The van der Waals surface area contributed by atoms with Crippen LogP contribution in [0.2, 0.25) is 0 Å². The number of nitrogens with zero attached hydrogens (tertiary/aromatic N) is 2. The van der Waals surface area contributed by atoms with Crippen molar-refractivity contribution in [3.63, 3.8) is 0 Å². The molecule has 1 aromatic heterocycles. The monoisotopic (exact) mass is 438 g/mol. The zero-order valence-electron chi connectivity index (χ0n) is 16.2. The van der Waals surface area contributed by atoms with Gasteiger partial charge in [-0.2, -0.15) is 4.98 Å². The molecule has 0 bridgehead atoms. The van der Waals surface area contributed by atoms with Crippen molar-refractivity contribution in [2.45, 2.75) is 12.3 Å². The molecule has 2 amide bonds. The van der Waals surface area contributed by atoms with E-state index in [1.807, 2.05) is 0 Å². The molecular formula is C20H15FN6O5. The van der Waals surface area contributed by atoms with Gasteiger partial charge in [-0.3, -0.25) is 29.5 Å². The standard InChI is InChI=1S/C20H15FN6O5/c21-10-1-3-12(4-2-10)23-20-25-17-16(19(30)26-20)14(9-15(28)24-17)18(29)22-11-5-7-13(8-6-11)27(31)32/h1-8,14H,9H2,(H,22,29)(H3,23,24,25,26,28,30)/t14-/m1/s1. The molecular weight excluding hydrogens is 423 g/mol. The first-order chi connectivity index (χ1) is 15.3. The lowest BCUT2D eigenvalue weighted by molar-refractivity contribution is -0.384. The van der Waals surface area contributed by atoms with E-state index in [9.17, 15) is 28.9 Å². The number of rotatable bonds is 5. The molecule has 4 N–H and O–H groups in total. The maximum absolute atomic E-state index is 13.1. The molecule has 2 aromatic carbocycles. The van der Waals surface area contributed by atoms with Gasteiger partial charge in [0.1, 0.15) is 11.6 Å². The highest BCUT2D eigenvalue weighted by molar-refractivity contribution is 6.04. The van der Waals surface area contributed by atoms with Gasteiger partial charge < -0.3 is 16.0 Å². The normalized spacial score (nSPS) is 14.8. The third-order valence-electron chi connectivity index (χ3n) is 4.72. The predicted molar refractivity (Wildman–Crippen MR) is 112 cm³/mol. The van der Waals surface area contributed by atoms with Crippen LogP contribution in [0, 0.1) is 15.9 Å². The van der Waals surface area contributed by atoms with Gasteiger partial charge in [-0.1, -0.05) is 0 Å². The second-order valence-corrected chi connectivity index (χ2v) is 6.91. The lowest BCUT2D eigenvalue weighted by Crippen LogP contribution is -2.36. The van der Waals surface area contributed by atoms with Crippen LogP contribution in [0.4, 0.5) is 33.2 Å². The zero-order chi connectivity index (χ0) is 22.8. The Morgan fingerprint density at radius 2 is 1.75 bits per heavy atom. The number of carbonyl (C=O) groups excluding carboxylic acids is 2. The number of hydrogen-bond acceptors (Lipinski definition) is 7. The number of carbonyl (C=O) groups is 2. The number of hydrogen-bond donors (Lipinski definition) is 4. The van der Waals surface area contributed by atoms with E-state index < -0.39 is 34.0 Å². The van der Waals surface area contributed by atoms with Crippen molar-refractivity contribution in [2.24, 2.45) is 0 Å². The number of amides is 2. The first-order valence-corrected chi connectivity index (χ1v) is 9.32. The van der Waals surface area contributed by atoms with E-state index in [-0.39, 0.29) is 35.1 Å². The predicted octanol–water partition coefficient (Wildman–Crippen LogP) is 2.63. The average molecular weight is 438 g/mol. The van der Waals surface area contributed by atoms with Gasteiger partial charge in [0, 0.05) is 29.9 Å². The van der Waals surface area contributed by atoms with Crippen LogP contribution in [-0.4, -0.2) is 26.7 Å². The van der Waals surface area contributed by atoms with Gasteiger partial charge in [0.25, 0.3) is 11.2 Å². The van der Waals surface area contributed by atoms with Crippen LogP contribution in [0.1, 0.15) is 17.9 Å². The third kappa shape index (κ3) is 4.28. The molecule has 0 spiro atoms. The number of nitro groups is 1. The molecule has 4 rings (SSSR count). The number of anilines is 4. The second kappa shape index (κ2) is 8.26. The van der Waals surface area contributed by atoms with Gasteiger partial charge in [0.15, 0.2) is 0 Å². The second-order valence-electron chi connectivity index (χ2n) is 6.91. The smallest absolute Gasteiger partial charge is 0.269 e. The number of aromatic nitrogens is 2. The summed E-state index contributed by atoms with van der Waals surface area (Å²) in [6, 6.07) is 10.5. The molecule has 3 aromatic rings. The molecule has 0 radical (unpaired) electrons. The molecule has 32 heavy (non-hydrogen) atoms. The Bertz CT molecular complexity index is 1270. The van der Waals surface area contributed by atoms with E-state index in [0.717, 1.165) is 0 Å². The SMILES string of the molecule is O=C1C[C@@H](C(=O)Nc2ccc([N+](=O)[O-])cc2)c2c(nc(Nc3ccc(F)cc3)[nH]c2=O)N1. The molecule has 2 heterocycles. The average Bonchev–Trinajstić information content (AvgIpc) is 2.75. The summed E-state index contributed by atoms with van der Waals surface area (Å²) in [5, 5.41) is 18.6. The fraction of sp³-hybridized carbons (Fsp3) is 0.100. The van der Waals surface area contributed by atoms with Crippen molar-refractivity contribution < 1.29 is 18.9 Å². The van der Waals surface area contributed by atoms with Gasteiger partial charge in [0.2, 0.25) is 17.8 Å². The van der Waals surface area contributed by atoms with E-state index >= 15 is 0 Å². The van der Waals surface area contributed by atoms with Crippen molar-refractivity contribution in [3.05, 3.63) is 80.4 Å². The highest BCUT2D eigenvalue weighted by Gasteiger charge is 2.34. The zero-order valence-corrected chi connectivity index (χ0v) is 16.2. The summed E-state index contributed by atoms with van der Waals surface area (Å²) in [5.74, 6) is -2.77. The van der Waals surface area contributed by atoms with E-state index in [4.69, 9.17) is 0 Å². The van der Waals surface area contributed by atoms with E-state index in [2.05, 4.69) is 25.9 Å². The molecule has 12 heteroatoms. The fourth-order valence-electron chi connectivity index (χ4n) is 3.22. The Morgan fingerprint density at radius 3 is 2.41 bits per heavy atom. The lowest BCUT2D eigenvalue weighted by atomic mass is 9.92. The Labute approximate surface area is 178 Å². The molecule has 0 fully saturated rings. The van der Waals surface area contributed by atoms with Crippen molar-refractivity contribution in [1.82, 2.24) is 9.97 Å². The van der Waals surface area contributed by atoms with Crippen LogP contribution in [-0.2, 0) is 9.59 Å². The first-order valence-electron chi connectivity index (χ1n) is 9.32. The molecule has 1 aliphatic rings. The number of nitrogens with one attached hydrogen (secondary N) is 4. The topological polar surface area (TPSA) is 159 Å². The van der Waals surface area contributed by atoms with Gasteiger partial charge in [0.05, 0.1) is 16.4 Å². The third-order valence-corrected chi connectivity index (χ3v) is 4.72. The maximum atomic E-state index is 13.1. The lowest BCUT2D eigenvalue weighted by Gasteiger charge is -2.23. The number of H-pyrrole nitrogens is 1. The number of aromatic amines is 1. The molecule has 0 aliphatic carbocycles. The van der Waals surface area contributed by atoms with Crippen LogP contribution >= 0.6 is 0 Å². The Kier molecular flexibility index (Phi) is 5.33. The van der Waals surface area contributed by atoms with Crippen molar-refractivity contribution in [1.29, 1.82) is 0 Å². The summed E-state index contributed by atoms with van der Waals surface area (Å²) in [4.78, 5) is 54.5. The molecule has 0 saturated heterocycles. The Balaban J connectivity index is 1.59. The minimum Gasteiger partial charge on any atom is -0.326 e. The van der Waals surface area contributed by atoms with Gasteiger partial charge >= 0.3 is 0 Å². The summed E-state index contributed by atoms with van der Waals surface area (Å²) >= 11 is 0. The molecule has 0 saturated carbocycles. The fourth-order valence-corrected chi connectivity index (χ4v) is 3.22. The van der Waals surface area contributed by atoms with Crippen LogP contribution < -0.4 is 21.5 Å². The van der Waals surface area contributed by atoms with Crippen LogP contribution in [0.25, 0.3) is 0 Å². The van der Waals surface area contributed by atoms with Crippen molar-refractivity contribution >= 4 is 40.6 Å². The molecule has 162 valence electrons. The molecule has 1 atom stereocenters. The van der Waals surface area contributed by atoms with Gasteiger partial charge in [-0.25, -0.2) is 4.39 Å². The van der Waals surface area contributed by atoms with E-state index in [1.165, 1.54) is 48.5 Å². The van der Waals surface area contributed by atoms with Crippen LogP contribution in [0.5, 0.6) is 0 Å². The summed E-state index contributed by atoms with van der Waals surface area (Å²) in [5.41, 5.74) is -0.0828. The number of fused-ring (bicyclic) bond motifs is 1. The number of nitro benzene ring substituents is 1. The highest BCUT2D eigenvalue weighted by Crippen LogP contribution is 2.30. The minimum atomic E-state index is -1.12. The highest BCUT2D eigenvalue weighted by atomic mass is 19.1. The van der Waals surface area contributed by atoms with E-state index in [1.54, 1.807) is 0 Å². The van der Waals surface area contributed by atoms with Gasteiger partial charge in [-0.15, -0.1) is 0 Å². The molecule has 0 unspecified atom stereocenters. The summed E-state index contributed by atoms with van der Waals surface area (Å²) < 4.78 is 13.1. The van der Waals surface area contributed by atoms with Gasteiger partial charge in [-0.05, 0) is 36.4 Å². The number of benzene rings is 2. The quantitative estimate of drug-likeness (QED) is 0.352. The first kappa shape index (κ1) is 20.7. The molecule has 1 aliphatic heterocycles. The van der Waals surface area contributed by atoms with Crippen molar-refractivity contribution in [3.8, 4) is 0 Å². The number of non-ortho nitro benzene ring substituents is 1. The summed E-state index contributed by atoms with van der Waals surface area (Å²) in [7, 11) is 0. The van der Waals surface area contributed by atoms with Crippen LogP contribution in [0.3, 0.4) is 0 Å². The number of halogens is 1. The maximum Gasteiger partial charge on any atom is 0.269 e. The van der Waals surface area contributed by atoms with E-state index in [0.29, 0.717) is 5.69 Å². The van der Waals surface area contributed by atoms with Crippen LogP contribution in [0.15, 0.2) is 53.3 Å².